The van der Waals surface area contributed by atoms with Gasteiger partial charge in [-0.25, -0.2) is 0 Å². The lowest BCUT2D eigenvalue weighted by Crippen LogP contribution is -1.99. The van der Waals surface area contributed by atoms with Crippen molar-refractivity contribution in [2.75, 3.05) is 0 Å². The number of benzene rings is 1. The number of hydrogen-bond acceptors (Lipinski definition) is 1. The second kappa shape index (κ2) is 13.1. The Balaban J connectivity index is 2.68. The van der Waals surface area contributed by atoms with Crippen LogP contribution in [0.4, 0.5) is 0 Å². The van der Waals surface area contributed by atoms with Crippen molar-refractivity contribution in [3.63, 3.8) is 0 Å². The predicted molar refractivity (Wildman–Crippen MR) is 101 cm³/mol. The molecule has 0 bridgehead atoms. The van der Waals surface area contributed by atoms with Crippen LogP contribution in [-0.4, -0.2) is 6.29 Å². The molecule has 1 unspecified atom stereocenters. The molecule has 0 aliphatic rings. The maximum Gasteiger partial charge on any atom is 0.145 e. The van der Waals surface area contributed by atoms with Crippen molar-refractivity contribution in [2.45, 2.75) is 84.0 Å². The molecule has 1 atom stereocenters. The van der Waals surface area contributed by atoms with E-state index in [0.29, 0.717) is 5.92 Å². The van der Waals surface area contributed by atoms with Crippen molar-refractivity contribution < 1.29 is 4.79 Å². The Bertz CT molecular complexity index is 433. The third-order valence-electron chi connectivity index (χ3n) is 4.48. The number of rotatable bonds is 13. The molecule has 1 nitrogen and oxygen atoms in total. The van der Waals surface area contributed by atoms with Crippen LogP contribution in [0.3, 0.4) is 0 Å². The van der Waals surface area contributed by atoms with Crippen LogP contribution in [0.5, 0.6) is 0 Å². The van der Waals surface area contributed by atoms with Gasteiger partial charge < -0.3 is 0 Å². The Morgan fingerprint density at radius 1 is 0.913 bits per heavy atom. The molecule has 0 radical (unpaired) electrons. The third kappa shape index (κ3) is 8.74. The molecule has 0 fully saturated rings. The fourth-order valence-corrected chi connectivity index (χ4v) is 3.03. The molecule has 1 rings (SSSR count). The van der Waals surface area contributed by atoms with Crippen LogP contribution in [0.15, 0.2) is 42.0 Å². The maximum absolute atomic E-state index is 11.4. The molecule has 23 heavy (non-hydrogen) atoms. The first kappa shape index (κ1) is 19.7. The minimum absolute atomic E-state index is 0.388. The summed E-state index contributed by atoms with van der Waals surface area (Å²) in [5, 5.41) is 0. The minimum atomic E-state index is 0.388. The van der Waals surface area contributed by atoms with Gasteiger partial charge in [0, 0.05) is 5.92 Å². The van der Waals surface area contributed by atoms with Gasteiger partial charge in [0.05, 0.1) is 0 Å². The van der Waals surface area contributed by atoms with Gasteiger partial charge in [-0.05, 0) is 30.4 Å². The van der Waals surface area contributed by atoms with E-state index in [-0.39, 0.29) is 0 Å². The molecule has 0 saturated heterocycles. The van der Waals surface area contributed by atoms with Crippen LogP contribution in [0, 0.1) is 0 Å². The zero-order chi connectivity index (χ0) is 16.8. The Morgan fingerprint density at radius 2 is 1.57 bits per heavy atom. The molecule has 128 valence electrons. The number of allylic oxidation sites excluding steroid dienone is 2. The molecule has 1 aromatic rings. The van der Waals surface area contributed by atoms with Gasteiger partial charge in [0.2, 0.25) is 0 Å². The number of carbonyl (C=O) groups excluding carboxylic acids is 1. The Hall–Kier alpha value is -1.37. The van der Waals surface area contributed by atoms with Crippen molar-refractivity contribution in [3.8, 4) is 0 Å². The first-order valence-electron chi connectivity index (χ1n) is 9.52. The van der Waals surface area contributed by atoms with Crippen LogP contribution in [0.1, 0.15) is 89.5 Å². The van der Waals surface area contributed by atoms with Crippen molar-refractivity contribution in [3.05, 3.63) is 47.5 Å². The summed E-state index contributed by atoms with van der Waals surface area (Å²) < 4.78 is 0. The van der Waals surface area contributed by atoms with Gasteiger partial charge in [0.1, 0.15) is 6.29 Å². The smallest absolute Gasteiger partial charge is 0.145 e. The molecule has 0 N–H and O–H groups in total. The van der Waals surface area contributed by atoms with Gasteiger partial charge in [-0.2, -0.15) is 0 Å². The summed E-state index contributed by atoms with van der Waals surface area (Å²) >= 11 is 0. The molecular formula is C22H34O. The molecule has 0 aromatic heterocycles. The van der Waals surface area contributed by atoms with Crippen LogP contribution < -0.4 is 0 Å². The van der Waals surface area contributed by atoms with E-state index in [1.165, 1.54) is 50.5 Å². The summed E-state index contributed by atoms with van der Waals surface area (Å²) in [4.78, 5) is 11.4. The second-order valence-electron chi connectivity index (χ2n) is 6.54. The first-order valence-corrected chi connectivity index (χ1v) is 9.52. The van der Waals surface area contributed by atoms with E-state index in [1.54, 1.807) is 0 Å². The molecule has 1 aromatic carbocycles. The summed E-state index contributed by atoms with van der Waals surface area (Å²) in [7, 11) is 0. The highest BCUT2D eigenvalue weighted by Gasteiger charge is 2.10. The third-order valence-corrected chi connectivity index (χ3v) is 4.48. The van der Waals surface area contributed by atoms with E-state index in [1.807, 2.05) is 0 Å². The largest absolute Gasteiger partial charge is 0.298 e. The number of unbranched alkanes of at least 4 members (excludes halogenated alkanes) is 6. The van der Waals surface area contributed by atoms with Gasteiger partial charge in [0.25, 0.3) is 0 Å². The minimum Gasteiger partial charge on any atom is -0.298 e. The lowest BCUT2D eigenvalue weighted by atomic mass is 9.90. The van der Waals surface area contributed by atoms with Gasteiger partial charge in [-0.1, -0.05) is 95.2 Å². The molecule has 0 aliphatic heterocycles. The monoisotopic (exact) mass is 314 g/mol. The van der Waals surface area contributed by atoms with Crippen molar-refractivity contribution in [2.24, 2.45) is 0 Å². The van der Waals surface area contributed by atoms with Crippen LogP contribution >= 0.6 is 0 Å². The highest BCUT2D eigenvalue weighted by atomic mass is 16.1. The van der Waals surface area contributed by atoms with Gasteiger partial charge in [-0.3, -0.25) is 4.79 Å². The van der Waals surface area contributed by atoms with Crippen molar-refractivity contribution >= 4 is 6.29 Å². The number of carbonyl (C=O) groups is 1. The molecular weight excluding hydrogens is 280 g/mol. The fraction of sp³-hybridized carbons (Fsp3) is 0.591. The normalized spacial score (nSPS) is 13.0. The van der Waals surface area contributed by atoms with E-state index in [4.69, 9.17) is 0 Å². The van der Waals surface area contributed by atoms with E-state index in [9.17, 15) is 4.79 Å². The lowest BCUT2D eigenvalue weighted by Gasteiger charge is -2.15. The Morgan fingerprint density at radius 3 is 2.17 bits per heavy atom. The van der Waals surface area contributed by atoms with Crippen LogP contribution in [-0.2, 0) is 4.79 Å². The molecule has 0 amide bonds. The van der Waals surface area contributed by atoms with E-state index in [0.717, 1.165) is 31.1 Å². The van der Waals surface area contributed by atoms with Gasteiger partial charge in [-0.15, -0.1) is 0 Å². The van der Waals surface area contributed by atoms with Crippen LogP contribution in [0.2, 0.25) is 0 Å². The lowest BCUT2D eigenvalue weighted by molar-refractivity contribution is -0.105. The molecule has 1 heteroatoms. The SMILES string of the molecule is CCCCCC/C(C=O)=C/C(CCCCCC)c1ccccc1. The number of aldehydes is 1. The van der Waals surface area contributed by atoms with E-state index in [2.05, 4.69) is 50.3 Å². The molecule has 0 aliphatic carbocycles. The van der Waals surface area contributed by atoms with Gasteiger partial charge >= 0.3 is 0 Å². The average molecular weight is 315 g/mol. The number of hydrogen-bond donors (Lipinski definition) is 0. The maximum atomic E-state index is 11.4. The molecule has 0 heterocycles. The highest BCUT2D eigenvalue weighted by molar-refractivity contribution is 5.73. The van der Waals surface area contributed by atoms with Crippen LogP contribution in [0.25, 0.3) is 0 Å². The molecule has 0 spiro atoms. The second-order valence-corrected chi connectivity index (χ2v) is 6.54. The summed E-state index contributed by atoms with van der Waals surface area (Å²) in [6.07, 6.45) is 15.4. The zero-order valence-corrected chi connectivity index (χ0v) is 15.1. The standard InChI is InChI=1S/C22H34O/c1-3-5-7-10-14-20(19-23)18-22(17-11-8-6-4-2)21-15-12-9-13-16-21/h9,12-13,15-16,18-19,22H,3-8,10-11,14,17H2,1-2H3/b20-18-. The summed E-state index contributed by atoms with van der Waals surface area (Å²) in [6, 6.07) is 10.7. The summed E-state index contributed by atoms with van der Waals surface area (Å²) in [6.45, 7) is 4.47. The van der Waals surface area contributed by atoms with Gasteiger partial charge in [0.15, 0.2) is 0 Å². The topological polar surface area (TPSA) is 17.1 Å². The van der Waals surface area contributed by atoms with E-state index >= 15 is 0 Å². The highest BCUT2D eigenvalue weighted by Crippen LogP contribution is 2.26. The zero-order valence-electron chi connectivity index (χ0n) is 15.1. The summed E-state index contributed by atoms with van der Waals surface area (Å²) in [5.41, 5.74) is 2.34. The average Bonchev–Trinajstić information content (AvgIpc) is 2.60. The molecule has 0 saturated carbocycles. The van der Waals surface area contributed by atoms with Crippen molar-refractivity contribution in [1.82, 2.24) is 0 Å². The first-order chi connectivity index (χ1) is 11.3. The Labute approximate surface area is 143 Å². The Kier molecular flexibility index (Phi) is 11.2. The van der Waals surface area contributed by atoms with E-state index < -0.39 is 0 Å². The quantitative estimate of drug-likeness (QED) is 0.221. The van der Waals surface area contributed by atoms with Crippen molar-refractivity contribution in [1.29, 1.82) is 0 Å². The fourth-order valence-electron chi connectivity index (χ4n) is 3.03. The summed E-state index contributed by atoms with van der Waals surface area (Å²) in [5.74, 6) is 0.388. The predicted octanol–water partition coefficient (Wildman–Crippen LogP) is 6.84.